The van der Waals surface area contributed by atoms with Crippen LogP contribution in [-0.2, 0) is 0 Å². The summed E-state index contributed by atoms with van der Waals surface area (Å²) in [5.74, 6) is 0.807. The van der Waals surface area contributed by atoms with E-state index in [0.29, 0.717) is 0 Å². The summed E-state index contributed by atoms with van der Waals surface area (Å²) in [4.78, 5) is 0. The van der Waals surface area contributed by atoms with Gasteiger partial charge < -0.3 is 10.5 Å². The average Bonchev–Trinajstić information content (AvgIpc) is 2.22. The smallest absolute Gasteiger partial charge is 0.142 e. The summed E-state index contributed by atoms with van der Waals surface area (Å²) in [5.41, 5.74) is 6.52. The molecule has 0 saturated carbocycles. The van der Waals surface area contributed by atoms with Gasteiger partial charge in [-0.3, -0.25) is 0 Å². The maximum Gasteiger partial charge on any atom is 0.142 e. The molecule has 84 valence electrons. The topological polar surface area (TPSA) is 35.2 Å². The highest BCUT2D eigenvalue weighted by Gasteiger charge is 2.05. The Hall–Kier alpha value is -1.18. The van der Waals surface area contributed by atoms with Crippen LogP contribution in [0, 0.1) is 0 Å². The van der Waals surface area contributed by atoms with Crippen molar-refractivity contribution in [3.05, 3.63) is 24.3 Å². The van der Waals surface area contributed by atoms with E-state index in [1.807, 2.05) is 24.3 Å². The number of rotatable bonds is 6. The molecule has 1 rings (SSSR count). The van der Waals surface area contributed by atoms with E-state index in [1.165, 1.54) is 19.3 Å². The van der Waals surface area contributed by atoms with Crippen LogP contribution in [0.4, 0.5) is 5.69 Å². The molecule has 0 heterocycles. The van der Waals surface area contributed by atoms with Gasteiger partial charge in [-0.05, 0) is 31.9 Å². The molecule has 0 aliphatic carbocycles. The molecule has 2 N–H and O–H groups in total. The van der Waals surface area contributed by atoms with Gasteiger partial charge in [-0.25, -0.2) is 0 Å². The van der Waals surface area contributed by atoms with Gasteiger partial charge in [0, 0.05) is 0 Å². The quantitative estimate of drug-likeness (QED) is 0.571. The second-order valence-electron chi connectivity index (χ2n) is 3.96. The van der Waals surface area contributed by atoms with Crippen LogP contribution in [0.25, 0.3) is 0 Å². The first-order chi connectivity index (χ1) is 7.24. The third kappa shape index (κ3) is 4.24. The Bertz CT molecular complexity index is 286. The summed E-state index contributed by atoms with van der Waals surface area (Å²) < 4.78 is 5.77. The monoisotopic (exact) mass is 207 g/mol. The lowest BCUT2D eigenvalue weighted by Crippen LogP contribution is -2.12. The van der Waals surface area contributed by atoms with Crippen LogP contribution in [-0.4, -0.2) is 6.10 Å². The molecule has 0 amide bonds. The molecule has 0 saturated heterocycles. The Kier molecular flexibility index (Phi) is 5.02. The van der Waals surface area contributed by atoms with Crippen molar-refractivity contribution in [1.82, 2.24) is 0 Å². The van der Waals surface area contributed by atoms with Crippen LogP contribution < -0.4 is 10.5 Å². The molecule has 0 aliphatic heterocycles. The number of para-hydroxylation sites is 2. The minimum absolute atomic E-state index is 0.251. The molecular weight excluding hydrogens is 186 g/mol. The van der Waals surface area contributed by atoms with Gasteiger partial charge in [0.25, 0.3) is 0 Å². The maximum absolute atomic E-state index is 5.80. The van der Waals surface area contributed by atoms with Gasteiger partial charge >= 0.3 is 0 Å². The lowest BCUT2D eigenvalue weighted by molar-refractivity contribution is 0.208. The van der Waals surface area contributed by atoms with Gasteiger partial charge in [0.1, 0.15) is 5.75 Å². The second-order valence-corrected chi connectivity index (χ2v) is 3.96. The summed E-state index contributed by atoms with van der Waals surface area (Å²) in [5, 5.41) is 0. The maximum atomic E-state index is 5.80. The van der Waals surface area contributed by atoms with Crippen molar-refractivity contribution in [2.75, 3.05) is 5.73 Å². The number of ether oxygens (including phenoxy) is 1. The lowest BCUT2D eigenvalue weighted by Gasteiger charge is -2.15. The van der Waals surface area contributed by atoms with Gasteiger partial charge in [0.05, 0.1) is 11.8 Å². The van der Waals surface area contributed by atoms with Crippen molar-refractivity contribution in [3.8, 4) is 5.75 Å². The van der Waals surface area contributed by atoms with Crippen LogP contribution in [0.2, 0.25) is 0 Å². The normalized spacial score (nSPS) is 12.4. The van der Waals surface area contributed by atoms with E-state index in [0.717, 1.165) is 17.9 Å². The highest BCUT2D eigenvalue weighted by molar-refractivity contribution is 5.51. The molecule has 1 atom stereocenters. The van der Waals surface area contributed by atoms with Gasteiger partial charge in [-0.15, -0.1) is 0 Å². The molecule has 0 radical (unpaired) electrons. The molecule has 2 heteroatoms. The Morgan fingerprint density at radius 1 is 1.27 bits per heavy atom. The fraction of sp³-hybridized carbons (Fsp3) is 0.538. The first-order valence-corrected chi connectivity index (χ1v) is 5.75. The number of hydrogen-bond acceptors (Lipinski definition) is 2. The molecule has 1 aromatic rings. The van der Waals surface area contributed by atoms with E-state index in [1.54, 1.807) is 0 Å². The van der Waals surface area contributed by atoms with Crippen LogP contribution >= 0.6 is 0 Å². The van der Waals surface area contributed by atoms with E-state index in [2.05, 4.69) is 13.8 Å². The van der Waals surface area contributed by atoms with Crippen molar-refractivity contribution >= 4 is 5.69 Å². The minimum atomic E-state index is 0.251. The Morgan fingerprint density at radius 3 is 2.67 bits per heavy atom. The Morgan fingerprint density at radius 2 is 2.00 bits per heavy atom. The van der Waals surface area contributed by atoms with Gasteiger partial charge in [-0.1, -0.05) is 31.9 Å². The summed E-state index contributed by atoms with van der Waals surface area (Å²) in [7, 11) is 0. The zero-order valence-electron chi connectivity index (χ0n) is 9.70. The highest BCUT2D eigenvalue weighted by atomic mass is 16.5. The predicted molar refractivity (Wildman–Crippen MR) is 65.1 cm³/mol. The molecule has 0 spiro atoms. The molecule has 1 aromatic carbocycles. The summed E-state index contributed by atoms with van der Waals surface area (Å²) in [6.07, 6.45) is 5.10. The average molecular weight is 207 g/mol. The number of nitrogens with two attached hydrogens (primary N) is 1. The van der Waals surface area contributed by atoms with Crippen molar-refractivity contribution < 1.29 is 4.74 Å². The summed E-state index contributed by atoms with van der Waals surface area (Å²) >= 11 is 0. The first-order valence-electron chi connectivity index (χ1n) is 5.75. The van der Waals surface area contributed by atoms with Gasteiger partial charge in [0.2, 0.25) is 0 Å². The van der Waals surface area contributed by atoms with Crippen LogP contribution in [0.15, 0.2) is 24.3 Å². The molecule has 0 aromatic heterocycles. The second kappa shape index (κ2) is 6.33. The fourth-order valence-corrected chi connectivity index (χ4v) is 1.55. The zero-order valence-corrected chi connectivity index (χ0v) is 9.70. The van der Waals surface area contributed by atoms with E-state index in [-0.39, 0.29) is 6.10 Å². The Balaban J connectivity index is 2.37. The van der Waals surface area contributed by atoms with Crippen molar-refractivity contribution in [2.45, 2.75) is 45.6 Å². The largest absolute Gasteiger partial charge is 0.489 e. The fourth-order valence-electron chi connectivity index (χ4n) is 1.55. The van der Waals surface area contributed by atoms with Gasteiger partial charge in [0.15, 0.2) is 0 Å². The summed E-state index contributed by atoms with van der Waals surface area (Å²) in [6.45, 7) is 4.31. The molecule has 2 nitrogen and oxygen atoms in total. The third-order valence-electron chi connectivity index (χ3n) is 2.46. The summed E-state index contributed by atoms with van der Waals surface area (Å²) in [6, 6.07) is 7.66. The van der Waals surface area contributed by atoms with Crippen LogP contribution in [0.5, 0.6) is 5.75 Å². The minimum Gasteiger partial charge on any atom is -0.489 e. The SMILES string of the molecule is CCCCC[C@H](C)Oc1ccccc1N. The molecule has 0 fully saturated rings. The van der Waals surface area contributed by atoms with E-state index in [9.17, 15) is 0 Å². The van der Waals surface area contributed by atoms with E-state index >= 15 is 0 Å². The molecular formula is C13H21NO. The molecule has 15 heavy (non-hydrogen) atoms. The number of benzene rings is 1. The lowest BCUT2D eigenvalue weighted by atomic mass is 10.1. The van der Waals surface area contributed by atoms with Crippen LogP contribution in [0.1, 0.15) is 39.5 Å². The number of unbranched alkanes of at least 4 members (excludes halogenated alkanes) is 2. The number of hydrogen-bond donors (Lipinski definition) is 1. The molecule has 0 unspecified atom stereocenters. The molecule has 0 aliphatic rings. The standard InChI is InChI=1S/C13H21NO/c1-3-4-5-8-11(2)15-13-10-7-6-9-12(13)14/h6-7,9-11H,3-5,8,14H2,1-2H3/t11-/m0/s1. The molecule has 0 bridgehead atoms. The van der Waals surface area contributed by atoms with Crippen LogP contribution in [0.3, 0.4) is 0 Å². The van der Waals surface area contributed by atoms with E-state index < -0.39 is 0 Å². The third-order valence-corrected chi connectivity index (χ3v) is 2.46. The first kappa shape index (κ1) is 11.9. The van der Waals surface area contributed by atoms with E-state index in [4.69, 9.17) is 10.5 Å². The van der Waals surface area contributed by atoms with Crippen molar-refractivity contribution in [2.24, 2.45) is 0 Å². The van der Waals surface area contributed by atoms with Crippen molar-refractivity contribution in [3.63, 3.8) is 0 Å². The number of anilines is 1. The predicted octanol–water partition coefficient (Wildman–Crippen LogP) is 3.62. The number of nitrogen functional groups attached to an aromatic ring is 1. The van der Waals surface area contributed by atoms with Gasteiger partial charge in [-0.2, -0.15) is 0 Å². The highest BCUT2D eigenvalue weighted by Crippen LogP contribution is 2.22. The Labute approximate surface area is 92.4 Å². The zero-order chi connectivity index (χ0) is 11.1. The van der Waals surface area contributed by atoms with Crippen molar-refractivity contribution in [1.29, 1.82) is 0 Å².